The SMILES string of the molecule is CN(C)c1ccc(C(=O)NC2CCSC2)cc1N. The van der Waals surface area contributed by atoms with E-state index in [1.54, 1.807) is 6.07 Å². The van der Waals surface area contributed by atoms with Crippen molar-refractivity contribution < 1.29 is 4.79 Å². The molecule has 18 heavy (non-hydrogen) atoms. The molecule has 1 unspecified atom stereocenters. The summed E-state index contributed by atoms with van der Waals surface area (Å²) in [7, 11) is 3.86. The van der Waals surface area contributed by atoms with Crippen LogP contribution in [-0.2, 0) is 0 Å². The normalized spacial score (nSPS) is 18.7. The lowest BCUT2D eigenvalue weighted by molar-refractivity contribution is 0.0941. The number of nitrogen functional groups attached to an aromatic ring is 1. The van der Waals surface area contributed by atoms with E-state index >= 15 is 0 Å². The Hall–Kier alpha value is -1.36. The average Bonchev–Trinajstić information content (AvgIpc) is 2.81. The van der Waals surface area contributed by atoms with Crippen LogP contribution in [0.1, 0.15) is 16.8 Å². The molecule has 4 nitrogen and oxygen atoms in total. The summed E-state index contributed by atoms with van der Waals surface area (Å²) in [5.41, 5.74) is 8.14. The minimum atomic E-state index is -0.0282. The van der Waals surface area contributed by atoms with Gasteiger partial charge in [0.1, 0.15) is 0 Å². The van der Waals surface area contributed by atoms with Crippen LogP contribution in [0.3, 0.4) is 0 Å². The molecular formula is C13H19N3OS. The molecule has 98 valence electrons. The second kappa shape index (κ2) is 5.52. The highest BCUT2D eigenvalue weighted by Gasteiger charge is 2.18. The molecule has 2 rings (SSSR count). The number of hydrogen-bond acceptors (Lipinski definition) is 4. The number of carbonyl (C=O) groups excluding carboxylic acids is 1. The van der Waals surface area contributed by atoms with Crippen molar-refractivity contribution in [3.63, 3.8) is 0 Å². The third-order valence-corrected chi connectivity index (χ3v) is 4.20. The molecular weight excluding hydrogens is 246 g/mol. The van der Waals surface area contributed by atoms with E-state index in [-0.39, 0.29) is 5.91 Å². The summed E-state index contributed by atoms with van der Waals surface area (Å²) in [4.78, 5) is 14.0. The predicted molar refractivity (Wildman–Crippen MR) is 78.4 cm³/mol. The van der Waals surface area contributed by atoms with Gasteiger partial charge >= 0.3 is 0 Å². The maximum Gasteiger partial charge on any atom is 0.251 e. The monoisotopic (exact) mass is 265 g/mol. The van der Waals surface area contributed by atoms with Gasteiger partial charge in [-0.15, -0.1) is 0 Å². The van der Waals surface area contributed by atoms with Crippen LogP contribution < -0.4 is 16.0 Å². The Kier molecular flexibility index (Phi) is 4.01. The molecule has 0 aromatic heterocycles. The summed E-state index contributed by atoms with van der Waals surface area (Å²) in [5.74, 6) is 2.11. The third-order valence-electron chi connectivity index (χ3n) is 3.04. The Bertz CT molecular complexity index is 442. The highest BCUT2D eigenvalue weighted by molar-refractivity contribution is 7.99. The first-order chi connectivity index (χ1) is 8.58. The summed E-state index contributed by atoms with van der Waals surface area (Å²) in [6.45, 7) is 0. The number of hydrogen-bond donors (Lipinski definition) is 2. The van der Waals surface area contributed by atoms with Crippen LogP contribution >= 0.6 is 11.8 Å². The Morgan fingerprint density at radius 3 is 2.83 bits per heavy atom. The van der Waals surface area contributed by atoms with E-state index in [2.05, 4.69) is 5.32 Å². The standard InChI is InChI=1S/C13H19N3OS/c1-16(2)12-4-3-9(7-11(12)14)13(17)15-10-5-6-18-8-10/h3-4,7,10H,5-6,8,14H2,1-2H3,(H,15,17). The second-order valence-corrected chi connectivity index (χ2v) is 5.85. The first-order valence-corrected chi connectivity index (χ1v) is 7.19. The van der Waals surface area contributed by atoms with Crippen molar-refractivity contribution in [2.45, 2.75) is 12.5 Å². The number of nitrogens with zero attached hydrogens (tertiary/aromatic N) is 1. The van der Waals surface area contributed by atoms with Crippen LogP contribution in [0.5, 0.6) is 0 Å². The lowest BCUT2D eigenvalue weighted by Gasteiger charge is -2.16. The van der Waals surface area contributed by atoms with E-state index in [1.165, 1.54) is 0 Å². The first-order valence-electron chi connectivity index (χ1n) is 6.03. The van der Waals surface area contributed by atoms with Crippen LogP contribution in [0.4, 0.5) is 11.4 Å². The van der Waals surface area contributed by atoms with Gasteiger partial charge in [-0.05, 0) is 30.4 Å². The molecule has 5 heteroatoms. The van der Waals surface area contributed by atoms with Crippen LogP contribution in [0.15, 0.2) is 18.2 Å². The minimum Gasteiger partial charge on any atom is -0.397 e. The summed E-state index contributed by atoms with van der Waals surface area (Å²) in [5, 5.41) is 3.04. The fourth-order valence-electron chi connectivity index (χ4n) is 2.02. The molecule has 1 aliphatic heterocycles. The van der Waals surface area contributed by atoms with Gasteiger partial charge in [-0.25, -0.2) is 0 Å². The van der Waals surface area contributed by atoms with E-state index in [0.717, 1.165) is 23.6 Å². The molecule has 1 amide bonds. The highest BCUT2D eigenvalue weighted by atomic mass is 32.2. The molecule has 0 spiro atoms. The molecule has 0 saturated carbocycles. The van der Waals surface area contributed by atoms with Gasteiger partial charge in [0.2, 0.25) is 0 Å². The maximum absolute atomic E-state index is 12.0. The molecule has 0 radical (unpaired) electrons. The quantitative estimate of drug-likeness (QED) is 0.815. The summed E-state index contributed by atoms with van der Waals surface area (Å²) < 4.78 is 0. The lowest BCUT2D eigenvalue weighted by atomic mass is 10.1. The first kappa shape index (κ1) is 13.1. The van der Waals surface area contributed by atoms with Crippen LogP contribution in [-0.4, -0.2) is 37.6 Å². The molecule has 1 fully saturated rings. The number of benzene rings is 1. The minimum absolute atomic E-state index is 0.0282. The van der Waals surface area contributed by atoms with E-state index in [1.807, 2.05) is 42.9 Å². The van der Waals surface area contributed by atoms with E-state index in [0.29, 0.717) is 17.3 Å². The Morgan fingerprint density at radius 2 is 2.28 bits per heavy atom. The zero-order valence-electron chi connectivity index (χ0n) is 10.8. The highest BCUT2D eigenvalue weighted by Crippen LogP contribution is 2.23. The smallest absolute Gasteiger partial charge is 0.251 e. The van der Waals surface area contributed by atoms with Gasteiger partial charge in [0.15, 0.2) is 0 Å². The molecule has 0 bridgehead atoms. The zero-order chi connectivity index (χ0) is 13.1. The van der Waals surface area contributed by atoms with Gasteiger partial charge in [-0.1, -0.05) is 0 Å². The molecule has 1 aromatic carbocycles. The molecule has 1 heterocycles. The number of thioether (sulfide) groups is 1. The topological polar surface area (TPSA) is 58.4 Å². The molecule has 1 aromatic rings. The van der Waals surface area contributed by atoms with E-state index in [9.17, 15) is 4.79 Å². The van der Waals surface area contributed by atoms with E-state index < -0.39 is 0 Å². The maximum atomic E-state index is 12.0. The largest absolute Gasteiger partial charge is 0.397 e. The third kappa shape index (κ3) is 2.90. The van der Waals surface area contributed by atoms with Gasteiger partial charge in [-0.3, -0.25) is 4.79 Å². The number of nitrogens with one attached hydrogen (secondary N) is 1. The predicted octanol–water partition coefficient (Wildman–Crippen LogP) is 1.57. The second-order valence-electron chi connectivity index (χ2n) is 4.70. The van der Waals surface area contributed by atoms with Crippen LogP contribution in [0.2, 0.25) is 0 Å². The van der Waals surface area contributed by atoms with Gasteiger partial charge in [0.05, 0.1) is 11.4 Å². The number of anilines is 2. The van der Waals surface area contributed by atoms with Crippen LogP contribution in [0, 0.1) is 0 Å². The number of rotatable bonds is 3. The average molecular weight is 265 g/mol. The number of carbonyl (C=O) groups is 1. The Balaban J connectivity index is 2.08. The zero-order valence-corrected chi connectivity index (χ0v) is 11.6. The van der Waals surface area contributed by atoms with Gasteiger partial charge in [0.25, 0.3) is 5.91 Å². The fourth-order valence-corrected chi connectivity index (χ4v) is 3.17. The number of amides is 1. The molecule has 1 atom stereocenters. The van der Waals surface area contributed by atoms with Crippen molar-refractivity contribution in [2.24, 2.45) is 0 Å². The fraction of sp³-hybridized carbons (Fsp3) is 0.462. The summed E-state index contributed by atoms with van der Waals surface area (Å²) in [6.07, 6.45) is 1.06. The van der Waals surface area contributed by atoms with Crippen molar-refractivity contribution in [3.8, 4) is 0 Å². The van der Waals surface area contributed by atoms with Crippen molar-refractivity contribution in [1.29, 1.82) is 0 Å². The molecule has 1 saturated heterocycles. The summed E-state index contributed by atoms with van der Waals surface area (Å²) >= 11 is 1.88. The summed E-state index contributed by atoms with van der Waals surface area (Å²) in [6, 6.07) is 5.75. The Morgan fingerprint density at radius 1 is 1.50 bits per heavy atom. The van der Waals surface area contributed by atoms with Crippen molar-refractivity contribution in [2.75, 3.05) is 36.2 Å². The van der Waals surface area contributed by atoms with Gasteiger partial charge in [0, 0.05) is 31.5 Å². The molecule has 1 aliphatic rings. The van der Waals surface area contributed by atoms with Crippen LogP contribution in [0.25, 0.3) is 0 Å². The Labute approximate surface area is 112 Å². The van der Waals surface area contributed by atoms with Gasteiger partial charge in [-0.2, -0.15) is 11.8 Å². The number of nitrogens with two attached hydrogens (primary N) is 1. The van der Waals surface area contributed by atoms with Crippen molar-refractivity contribution in [3.05, 3.63) is 23.8 Å². The van der Waals surface area contributed by atoms with E-state index in [4.69, 9.17) is 5.73 Å². The van der Waals surface area contributed by atoms with Gasteiger partial charge < -0.3 is 16.0 Å². The van der Waals surface area contributed by atoms with Crippen molar-refractivity contribution >= 4 is 29.0 Å². The lowest BCUT2D eigenvalue weighted by Crippen LogP contribution is -2.34. The molecule has 3 N–H and O–H groups in total. The molecule has 0 aliphatic carbocycles. The van der Waals surface area contributed by atoms with Crippen molar-refractivity contribution in [1.82, 2.24) is 5.32 Å².